The first-order chi connectivity index (χ1) is 10.2. The van der Waals surface area contributed by atoms with Crippen molar-refractivity contribution in [2.45, 2.75) is 6.54 Å². The topological polar surface area (TPSA) is 41.9 Å². The zero-order chi connectivity index (χ0) is 14.7. The highest BCUT2D eigenvalue weighted by molar-refractivity contribution is 7.80. The third kappa shape index (κ3) is 3.20. The fourth-order valence-electron chi connectivity index (χ4n) is 2.25. The van der Waals surface area contributed by atoms with Gasteiger partial charge in [0.15, 0.2) is 5.11 Å². The Morgan fingerprint density at radius 1 is 1.19 bits per heavy atom. The molecule has 2 aromatic carbocycles. The van der Waals surface area contributed by atoms with Gasteiger partial charge in [-0.05, 0) is 23.7 Å². The number of fused-ring (bicyclic) bond motifs is 1. The summed E-state index contributed by atoms with van der Waals surface area (Å²) in [4.78, 5) is 0. The molecule has 0 bridgehead atoms. The number of aryl methyl sites for hydroxylation is 1. The highest BCUT2D eigenvalue weighted by Crippen LogP contribution is 2.22. The number of benzene rings is 2. The Labute approximate surface area is 128 Å². The largest absolute Gasteiger partial charge is 0.358 e. The van der Waals surface area contributed by atoms with Crippen LogP contribution in [0.5, 0.6) is 0 Å². The second-order valence-electron chi connectivity index (χ2n) is 4.86. The number of nitrogens with one attached hydrogen (secondary N) is 2. The summed E-state index contributed by atoms with van der Waals surface area (Å²) in [6.07, 6.45) is 3.79. The molecule has 0 amide bonds. The van der Waals surface area contributed by atoms with Crippen LogP contribution < -0.4 is 10.6 Å². The van der Waals surface area contributed by atoms with Crippen LogP contribution in [0.2, 0.25) is 0 Å². The number of thiocarbonyl (C=S) groups is 1. The Kier molecular flexibility index (Phi) is 3.83. The van der Waals surface area contributed by atoms with Crippen molar-refractivity contribution in [1.29, 1.82) is 0 Å². The molecule has 0 radical (unpaired) electrons. The predicted molar refractivity (Wildman–Crippen MR) is 90.2 cm³/mol. The van der Waals surface area contributed by atoms with Crippen molar-refractivity contribution in [3.8, 4) is 0 Å². The molecular formula is C16H16N4S. The van der Waals surface area contributed by atoms with Crippen LogP contribution in [0.25, 0.3) is 10.8 Å². The molecule has 1 aromatic heterocycles. The Balaban J connectivity index is 1.69. The lowest BCUT2D eigenvalue weighted by Crippen LogP contribution is -2.27. The smallest absolute Gasteiger partial charge is 0.171 e. The maximum Gasteiger partial charge on any atom is 0.171 e. The van der Waals surface area contributed by atoms with Gasteiger partial charge in [-0.15, -0.1) is 0 Å². The van der Waals surface area contributed by atoms with Crippen molar-refractivity contribution in [3.05, 3.63) is 60.4 Å². The van der Waals surface area contributed by atoms with E-state index in [9.17, 15) is 0 Å². The lowest BCUT2D eigenvalue weighted by molar-refractivity contribution is 0.766. The van der Waals surface area contributed by atoms with Gasteiger partial charge in [-0.1, -0.05) is 36.4 Å². The van der Waals surface area contributed by atoms with Gasteiger partial charge in [0, 0.05) is 36.4 Å². The van der Waals surface area contributed by atoms with Gasteiger partial charge in [-0.2, -0.15) is 5.10 Å². The van der Waals surface area contributed by atoms with Crippen LogP contribution in [0, 0.1) is 0 Å². The van der Waals surface area contributed by atoms with Crippen molar-refractivity contribution in [2.24, 2.45) is 7.05 Å². The molecule has 0 spiro atoms. The van der Waals surface area contributed by atoms with Gasteiger partial charge in [0.25, 0.3) is 0 Å². The summed E-state index contributed by atoms with van der Waals surface area (Å²) in [5.41, 5.74) is 2.11. The molecule has 106 valence electrons. The highest BCUT2D eigenvalue weighted by atomic mass is 32.1. The number of aromatic nitrogens is 2. The summed E-state index contributed by atoms with van der Waals surface area (Å²) >= 11 is 5.36. The Morgan fingerprint density at radius 3 is 2.81 bits per heavy atom. The Hall–Kier alpha value is -2.40. The normalized spacial score (nSPS) is 10.5. The minimum absolute atomic E-state index is 0.607. The van der Waals surface area contributed by atoms with Gasteiger partial charge in [0.2, 0.25) is 0 Å². The average Bonchev–Trinajstić information content (AvgIpc) is 2.91. The first-order valence-corrected chi connectivity index (χ1v) is 7.13. The minimum Gasteiger partial charge on any atom is -0.358 e. The molecule has 5 heteroatoms. The first-order valence-electron chi connectivity index (χ1n) is 6.72. The Morgan fingerprint density at radius 2 is 2.00 bits per heavy atom. The fraction of sp³-hybridized carbons (Fsp3) is 0.125. The monoisotopic (exact) mass is 296 g/mol. The number of rotatable bonds is 3. The molecule has 2 N–H and O–H groups in total. The molecule has 0 fully saturated rings. The summed E-state index contributed by atoms with van der Waals surface area (Å²) in [5.74, 6) is 0. The van der Waals surface area contributed by atoms with Crippen molar-refractivity contribution >= 4 is 33.8 Å². The number of anilines is 1. The number of hydrogen-bond donors (Lipinski definition) is 2. The van der Waals surface area contributed by atoms with E-state index in [4.69, 9.17) is 12.2 Å². The van der Waals surface area contributed by atoms with Crippen LogP contribution in [0.1, 0.15) is 5.56 Å². The van der Waals surface area contributed by atoms with Crippen molar-refractivity contribution in [1.82, 2.24) is 15.1 Å². The van der Waals surface area contributed by atoms with Crippen molar-refractivity contribution in [2.75, 3.05) is 5.32 Å². The van der Waals surface area contributed by atoms with Crippen LogP contribution in [0.3, 0.4) is 0 Å². The lowest BCUT2D eigenvalue weighted by Gasteiger charge is -2.12. The summed E-state index contributed by atoms with van der Waals surface area (Å²) in [6, 6.07) is 14.4. The summed E-state index contributed by atoms with van der Waals surface area (Å²) in [5, 5.41) is 13.5. The van der Waals surface area contributed by atoms with Crippen LogP contribution in [-0.4, -0.2) is 14.9 Å². The second-order valence-corrected chi connectivity index (χ2v) is 5.26. The maximum atomic E-state index is 5.36. The van der Waals surface area contributed by atoms with E-state index >= 15 is 0 Å². The summed E-state index contributed by atoms with van der Waals surface area (Å²) in [6.45, 7) is 0.657. The number of nitrogens with zero attached hydrogens (tertiary/aromatic N) is 2. The van der Waals surface area contributed by atoms with Gasteiger partial charge in [0.05, 0.1) is 6.20 Å². The molecule has 1 heterocycles. The Bertz CT molecular complexity index is 773. The zero-order valence-corrected chi connectivity index (χ0v) is 12.5. The molecular weight excluding hydrogens is 280 g/mol. The quantitative estimate of drug-likeness (QED) is 0.729. The first kappa shape index (κ1) is 13.6. The van der Waals surface area contributed by atoms with Gasteiger partial charge in [-0.25, -0.2) is 0 Å². The maximum absolute atomic E-state index is 5.36. The molecule has 0 saturated heterocycles. The van der Waals surface area contributed by atoms with Crippen LogP contribution in [0.15, 0.2) is 54.9 Å². The van der Waals surface area contributed by atoms with Crippen LogP contribution >= 0.6 is 12.2 Å². The molecule has 0 saturated carbocycles. The molecule has 0 atom stereocenters. The number of hydrogen-bond acceptors (Lipinski definition) is 2. The average molecular weight is 296 g/mol. The van der Waals surface area contributed by atoms with E-state index in [2.05, 4.69) is 33.9 Å². The standard InChI is InChI=1S/C16H16N4S/c1-20-11-12(10-18-20)9-17-16(21)19-15-8-4-6-13-5-2-3-7-14(13)15/h2-8,10-11H,9H2,1H3,(H2,17,19,21). The minimum atomic E-state index is 0.607. The van der Waals surface area contributed by atoms with Crippen molar-refractivity contribution in [3.63, 3.8) is 0 Å². The molecule has 0 aliphatic rings. The predicted octanol–water partition coefficient (Wildman–Crippen LogP) is 3.06. The lowest BCUT2D eigenvalue weighted by atomic mass is 10.1. The van der Waals surface area contributed by atoms with E-state index in [0.717, 1.165) is 16.6 Å². The summed E-state index contributed by atoms with van der Waals surface area (Å²) in [7, 11) is 1.90. The van der Waals surface area contributed by atoms with Gasteiger partial charge >= 0.3 is 0 Å². The van der Waals surface area contributed by atoms with Crippen molar-refractivity contribution < 1.29 is 0 Å². The van der Waals surface area contributed by atoms with Gasteiger partial charge in [0.1, 0.15) is 0 Å². The molecule has 0 aliphatic heterocycles. The molecule has 3 rings (SSSR count). The van der Waals surface area contributed by atoms with E-state index in [1.807, 2.05) is 43.7 Å². The van der Waals surface area contributed by atoms with Gasteiger partial charge in [-0.3, -0.25) is 4.68 Å². The van der Waals surface area contributed by atoms with Gasteiger partial charge < -0.3 is 10.6 Å². The van der Waals surface area contributed by atoms with Crippen LogP contribution in [0.4, 0.5) is 5.69 Å². The molecule has 21 heavy (non-hydrogen) atoms. The second kappa shape index (κ2) is 5.93. The van der Waals surface area contributed by atoms with Crippen LogP contribution in [-0.2, 0) is 13.6 Å². The highest BCUT2D eigenvalue weighted by Gasteiger charge is 2.03. The molecule has 0 unspecified atom stereocenters. The zero-order valence-electron chi connectivity index (χ0n) is 11.7. The third-order valence-corrected chi connectivity index (χ3v) is 3.50. The third-order valence-electron chi connectivity index (χ3n) is 3.25. The van der Waals surface area contributed by atoms with E-state index < -0.39 is 0 Å². The molecule has 0 aliphatic carbocycles. The van der Waals surface area contributed by atoms with E-state index in [1.165, 1.54) is 5.39 Å². The SMILES string of the molecule is Cn1cc(CNC(=S)Nc2cccc3ccccc23)cn1. The van der Waals surface area contributed by atoms with E-state index in [0.29, 0.717) is 11.7 Å². The fourth-order valence-corrected chi connectivity index (χ4v) is 2.43. The van der Waals surface area contributed by atoms with E-state index in [-0.39, 0.29) is 0 Å². The molecule has 3 aromatic rings. The molecule has 4 nitrogen and oxygen atoms in total. The summed E-state index contributed by atoms with van der Waals surface area (Å²) < 4.78 is 1.78. The van der Waals surface area contributed by atoms with E-state index in [1.54, 1.807) is 4.68 Å².